The molecule has 130 valence electrons. The van der Waals surface area contributed by atoms with E-state index in [2.05, 4.69) is 0 Å². The van der Waals surface area contributed by atoms with Crippen molar-refractivity contribution in [2.24, 2.45) is 0 Å². The van der Waals surface area contributed by atoms with Gasteiger partial charge in [0.25, 0.3) is 0 Å². The van der Waals surface area contributed by atoms with E-state index in [1.54, 1.807) is 50.6 Å². The highest BCUT2D eigenvalue weighted by atomic mass is 16.5. The minimum atomic E-state index is -0.165. The molecule has 1 N–H and O–H groups in total. The summed E-state index contributed by atoms with van der Waals surface area (Å²) in [5.74, 6) is 1.48. The Hall–Kier alpha value is -3.21. The van der Waals surface area contributed by atoms with E-state index in [4.69, 9.17) is 14.2 Å². The maximum absolute atomic E-state index is 12.0. The summed E-state index contributed by atoms with van der Waals surface area (Å²) >= 11 is 0. The minimum absolute atomic E-state index is 0.0549. The van der Waals surface area contributed by atoms with Crippen LogP contribution in [0.5, 0.6) is 23.0 Å². The van der Waals surface area contributed by atoms with Gasteiger partial charge in [0.15, 0.2) is 28.8 Å². The highest BCUT2D eigenvalue weighted by Crippen LogP contribution is 2.28. The molecule has 0 amide bonds. The molecule has 0 aliphatic rings. The molecule has 0 unspecified atom stereocenters. The van der Waals surface area contributed by atoms with E-state index in [0.717, 1.165) is 11.1 Å². The van der Waals surface area contributed by atoms with E-state index in [1.165, 1.54) is 25.3 Å². The molecule has 25 heavy (non-hydrogen) atoms. The summed E-state index contributed by atoms with van der Waals surface area (Å²) in [5.41, 5.74) is 1.58. The summed E-state index contributed by atoms with van der Waals surface area (Å²) in [4.78, 5) is 12.0. The third-order valence-electron chi connectivity index (χ3n) is 3.49. The van der Waals surface area contributed by atoms with Gasteiger partial charge in [-0.1, -0.05) is 24.3 Å². The molecule has 0 fully saturated rings. The summed E-state index contributed by atoms with van der Waals surface area (Å²) < 4.78 is 15.4. The highest BCUT2D eigenvalue weighted by molar-refractivity contribution is 6.04. The molecule has 2 aromatic rings. The van der Waals surface area contributed by atoms with Crippen LogP contribution in [0.25, 0.3) is 12.2 Å². The van der Waals surface area contributed by atoms with Gasteiger partial charge in [0, 0.05) is 0 Å². The highest BCUT2D eigenvalue weighted by Gasteiger charge is 2.03. The lowest BCUT2D eigenvalue weighted by Gasteiger charge is -2.07. The van der Waals surface area contributed by atoms with Gasteiger partial charge in [-0.15, -0.1) is 0 Å². The zero-order chi connectivity index (χ0) is 18.2. The number of hydrogen-bond acceptors (Lipinski definition) is 5. The van der Waals surface area contributed by atoms with Crippen LogP contribution in [0.3, 0.4) is 0 Å². The summed E-state index contributed by atoms with van der Waals surface area (Å²) in [5, 5.41) is 9.56. The van der Waals surface area contributed by atoms with Crippen LogP contribution in [-0.2, 0) is 4.79 Å². The van der Waals surface area contributed by atoms with Gasteiger partial charge >= 0.3 is 0 Å². The summed E-state index contributed by atoms with van der Waals surface area (Å²) in [7, 11) is 4.60. The van der Waals surface area contributed by atoms with E-state index in [1.807, 2.05) is 6.07 Å². The molecular weight excluding hydrogens is 320 g/mol. The number of hydrogen-bond donors (Lipinski definition) is 1. The van der Waals surface area contributed by atoms with Crippen LogP contribution >= 0.6 is 0 Å². The second-order valence-corrected chi connectivity index (χ2v) is 5.11. The van der Waals surface area contributed by atoms with Crippen molar-refractivity contribution in [2.75, 3.05) is 21.3 Å². The Bertz CT molecular complexity index is 806. The molecule has 2 aromatic carbocycles. The van der Waals surface area contributed by atoms with Crippen molar-refractivity contribution in [1.82, 2.24) is 0 Å². The number of ketones is 1. The van der Waals surface area contributed by atoms with Crippen molar-refractivity contribution in [2.45, 2.75) is 0 Å². The lowest BCUT2D eigenvalue weighted by molar-refractivity contribution is -0.110. The van der Waals surface area contributed by atoms with Crippen LogP contribution in [0.1, 0.15) is 11.1 Å². The third-order valence-corrected chi connectivity index (χ3v) is 3.49. The van der Waals surface area contributed by atoms with Crippen molar-refractivity contribution in [1.29, 1.82) is 0 Å². The second kappa shape index (κ2) is 8.59. The van der Waals surface area contributed by atoms with Crippen molar-refractivity contribution >= 4 is 17.9 Å². The molecule has 0 heterocycles. The first-order valence-corrected chi connectivity index (χ1v) is 7.56. The molecular formula is C20H20O5. The van der Waals surface area contributed by atoms with Crippen molar-refractivity contribution in [3.8, 4) is 23.0 Å². The number of carbonyl (C=O) groups is 1. The SMILES string of the molecule is COc1cc(C=CC(=O)C=Cc2ccc(OC)c(OC)c2)ccc1O. The largest absolute Gasteiger partial charge is 0.504 e. The first-order chi connectivity index (χ1) is 12.1. The lowest BCUT2D eigenvalue weighted by Crippen LogP contribution is -1.91. The number of carbonyl (C=O) groups excluding carboxylic acids is 1. The number of phenolic OH excluding ortho intramolecular Hbond substituents is 1. The van der Waals surface area contributed by atoms with Crippen LogP contribution in [0.2, 0.25) is 0 Å². The Labute approximate surface area is 146 Å². The number of phenols is 1. The minimum Gasteiger partial charge on any atom is -0.504 e. The number of aromatic hydroxyl groups is 1. The van der Waals surface area contributed by atoms with E-state index >= 15 is 0 Å². The normalized spacial score (nSPS) is 11.0. The van der Waals surface area contributed by atoms with Gasteiger partial charge in [-0.05, 0) is 47.5 Å². The molecule has 5 heteroatoms. The molecule has 0 atom stereocenters. The Morgan fingerprint density at radius 1 is 0.800 bits per heavy atom. The maximum atomic E-state index is 12.0. The van der Waals surface area contributed by atoms with Gasteiger partial charge in [0.05, 0.1) is 21.3 Å². The Kier molecular flexibility index (Phi) is 6.23. The molecule has 0 radical (unpaired) electrons. The summed E-state index contributed by atoms with van der Waals surface area (Å²) in [6.45, 7) is 0. The molecule has 0 saturated carbocycles. The van der Waals surface area contributed by atoms with Gasteiger partial charge in [0.1, 0.15) is 0 Å². The fourth-order valence-corrected chi connectivity index (χ4v) is 2.17. The van der Waals surface area contributed by atoms with Gasteiger partial charge in [0.2, 0.25) is 0 Å². The maximum Gasteiger partial charge on any atom is 0.178 e. The fraction of sp³-hybridized carbons (Fsp3) is 0.150. The molecule has 0 saturated heterocycles. The van der Waals surface area contributed by atoms with E-state index in [-0.39, 0.29) is 11.5 Å². The zero-order valence-electron chi connectivity index (χ0n) is 14.4. The number of allylic oxidation sites excluding steroid dienone is 2. The van der Waals surface area contributed by atoms with Gasteiger partial charge in [-0.3, -0.25) is 4.79 Å². The third kappa shape index (κ3) is 4.88. The van der Waals surface area contributed by atoms with Crippen LogP contribution < -0.4 is 14.2 Å². The predicted octanol–water partition coefficient (Wildman–Crippen LogP) is 3.71. The first kappa shape index (κ1) is 18.1. The van der Waals surface area contributed by atoms with Gasteiger partial charge in [-0.25, -0.2) is 0 Å². The van der Waals surface area contributed by atoms with E-state index < -0.39 is 0 Å². The summed E-state index contributed by atoms with van der Waals surface area (Å²) in [6, 6.07) is 10.3. The Morgan fingerprint density at radius 3 is 1.88 bits per heavy atom. The predicted molar refractivity (Wildman–Crippen MR) is 97.3 cm³/mol. The molecule has 0 aliphatic carbocycles. The van der Waals surface area contributed by atoms with Crippen LogP contribution in [-0.4, -0.2) is 32.2 Å². The lowest BCUT2D eigenvalue weighted by atomic mass is 10.1. The van der Waals surface area contributed by atoms with Crippen molar-refractivity contribution in [3.63, 3.8) is 0 Å². The smallest absolute Gasteiger partial charge is 0.178 e. The average Bonchev–Trinajstić information content (AvgIpc) is 2.65. The number of benzene rings is 2. The molecule has 0 spiro atoms. The van der Waals surface area contributed by atoms with Crippen LogP contribution in [0.4, 0.5) is 0 Å². The second-order valence-electron chi connectivity index (χ2n) is 5.11. The number of rotatable bonds is 7. The number of methoxy groups -OCH3 is 3. The topological polar surface area (TPSA) is 65.0 Å². The Morgan fingerprint density at radius 2 is 1.32 bits per heavy atom. The molecule has 2 rings (SSSR count). The van der Waals surface area contributed by atoms with Crippen LogP contribution in [0.15, 0.2) is 48.6 Å². The van der Waals surface area contributed by atoms with Gasteiger partial charge in [-0.2, -0.15) is 0 Å². The van der Waals surface area contributed by atoms with Crippen molar-refractivity contribution in [3.05, 3.63) is 59.7 Å². The first-order valence-electron chi connectivity index (χ1n) is 7.56. The van der Waals surface area contributed by atoms with Crippen LogP contribution in [0, 0.1) is 0 Å². The molecule has 0 bridgehead atoms. The van der Waals surface area contributed by atoms with E-state index in [0.29, 0.717) is 17.2 Å². The average molecular weight is 340 g/mol. The molecule has 0 aromatic heterocycles. The quantitative estimate of drug-likeness (QED) is 0.778. The fourth-order valence-electron chi connectivity index (χ4n) is 2.17. The number of ether oxygens (including phenoxy) is 3. The van der Waals surface area contributed by atoms with Crippen molar-refractivity contribution < 1.29 is 24.1 Å². The van der Waals surface area contributed by atoms with Gasteiger partial charge < -0.3 is 19.3 Å². The Balaban J connectivity index is 2.08. The summed E-state index contributed by atoms with van der Waals surface area (Å²) in [6.07, 6.45) is 6.27. The standard InChI is InChI=1S/C20H20O5/c1-23-18-11-7-15(13-20(18)25-3)5-9-16(21)8-4-14-6-10-17(22)19(12-14)24-2/h4-13,22H,1-3H3. The zero-order valence-corrected chi connectivity index (χ0v) is 14.4. The van der Waals surface area contributed by atoms with E-state index in [9.17, 15) is 9.90 Å². The molecule has 5 nitrogen and oxygen atoms in total. The molecule has 0 aliphatic heterocycles. The monoisotopic (exact) mass is 340 g/mol.